The average Bonchev–Trinajstić information content (AvgIpc) is 2.62. The van der Waals surface area contributed by atoms with E-state index in [1.165, 1.54) is 25.7 Å². The van der Waals surface area contributed by atoms with Gasteiger partial charge in [0.25, 0.3) is 0 Å². The van der Waals surface area contributed by atoms with Gasteiger partial charge in [0.15, 0.2) is 0 Å². The zero-order valence-corrected chi connectivity index (χ0v) is 17.6. The third kappa shape index (κ3) is 6.20. The lowest BCUT2D eigenvalue weighted by Crippen LogP contribution is -2.55. The lowest BCUT2D eigenvalue weighted by atomic mass is 9.43. The molecule has 2 N–H and O–H groups in total. The Morgan fingerprint density at radius 2 is 1.96 bits per heavy atom. The average molecular weight is 377 g/mol. The maximum atomic E-state index is 10.6. The number of aliphatic hydroxyl groups excluding tert-OH is 1. The number of carboxylic acids is 1. The van der Waals surface area contributed by atoms with Gasteiger partial charge in [0.2, 0.25) is 0 Å². The molecule has 0 aromatic rings. The van der Waals surface area contributed by atoms with Gasteiger partial charge in [-0.25, -0.2) is 0 Å². The molecule has 0 aromatic carbocycles. The van der Waals surface area contributed by atoms with Gasteiger partial charge in [-0.3, -0.25) is 4.79 Å². The topological polar surface area (TPSA) is 57.5 Å². The molecule has 0 heterocycles. The fraction of sp³-hybridized carbons (Fsp3) is 0.792. The number of allylic oxidation sites excluding steroid dienone is 3. The van der Waals surface area contributed by atoms with Crippen LogP contribution in [0.2, 0.25) is 0 Å². The summed E-state index contributed by atoms with van der Waals surface area (Å²) in [6.45, 7) is 7.04. The van der Waals surface area contributed by atoms with Gasteiger partial charge in [0.05, 0.1) is 6.10 Å². The molecule has 154 valence electrons. The van der Waals surface area contributed by atoms with Crippen molar-refractivity contribution in [3.63, 3.8) is 0 Å². The zero-order valence-electron chi connectivity index (χ0n) is 17.6. The summed E-state index contributed by atoms with van der Waals surface area (Å²) in [4.78, 5) is 10.6. The first-order chi connectivity index (χ1) is 12.9. The van der Waals surface area contributed by atoms with E-state index in [4.69, 9.17) is 5.11 Å². The van der Waals surface area contributed by atoms with Gasteiger partial charge in [0, 0.05) is 6.42 Å². The number of hydrogen-bond acceptors (Lipinski definition) is 2. The Bertz CT molecular complexity index is 520. The summed E-state index contributed by atoms with van der Waals surface area (Å²) in [6, 6.07) is 0. The Morgan fingerprint density at radius 3 is 2.63 bits per heavy atom. The second-order valence-electron chi connectivity index (χ2n) is 9.37. The van der Waals surface area contributed by atoms with Gasteiger partial charge in [-0.2, -0.15) is 0 Å². The summed E-state index contributed by atoms with van der Waals surface area (Å²) in [5.74, 6) is 2.11. The molecule has 1 unspecified atom stereocenters. The highest BCUT2D eigenvalue weighted by Gasteiger charge is 2.56. The number of fused-ring (bicyclic) bond motifs is 2. The van der Waals surface area contributed by atoms with E-state index in [1.807, 2.05) is 0 Å². The molecule has 3 aliphatic rings. The van der Waals surface area contributed by atoms with E-state index in [0.717, 1.165) is 43.9 Å². The molecule has 0 aliphatic heterocycles. The van der Waals surface area contributed by atoms with E-state index in [1.54, 1.807) is 0 Å². The second kappa shape index (κ2) is 10.5. The van der Waals surface area contributed by atoms with Gasteiger partial charge in [-0.15, -0.1) is 0 Å². The fourth-order valence-electron chi connectivity index (χ4n) is 5.26. The molecular weight excluding hydrogens is 336 g/mol. The molecular formula is C24H40O3. The van der Waals surface area contributed by atoms with Crippen LogP contribution < -0.4 is 0 Å². The van der Waals surface area contributed by atoms with Crippen LogP contribution in [0.5, 0.6) is 0 Å². The molecule has 3 aliphatic carbocycles. The van der Waals surface area contributed by atoms with E-state index in [0.29, 0.717) is 17.3 Å². The lowest BCUT2D eigenvalue weighted by Gasteiger charge is -2.62. The smallest absolute Gasteiger partial charge is 0.303 e. The standard InChI is InChI=1S/C24H40O3/c1-4-5-8-11-20(25)15-14-18-16-19-17-22(24(19,2)3)21(18)12-9-6-7-10-13-23(26)27/h6,9,14-15,18-22,25H,4-5,7-8,10-13,16-17H2,1-3H3,(H,26,27)/b9-6-,15-14+/t18?,19-,20+,21+,22-/m0/s1. The Labute approximate surface area is 165 Å². The number of carboxylic acid groups (broad SMARTS) is 1. The van der Waals surface area contributed by atoms with Gasteiger partial charge in [-0.1, -0.05) is 64.3 Å². The Balaban J connectivity index is 1.88. The third-order valence-electron chi connectivity index (χ3n) is 7.19. The van der Waals surface area contributed by atoms with Crippen molar-refractivity contribution in [2.24, 2.45) is 29.1 Å². The van der Waals surface area contributed by atoms with Crippen molar-refractivity contribution < 1.29 is 15.0 Å². The number of rotatable bonds is 12. The van der Waals surface area contributed by atoms with E-state index in [2.05, 4.69) is 45.1 Å². The zero-order chi connectivity index (χ0) is 19.9. The molecule has 0 aromatic heterocycles. The van der Waals surface area contributed by atoms with Gasteiger partial charge >= 0.3 is 5.97 Å². The van der Waals surface area contributed by atoms with Crippen molar-refractivity contribution in [3.8, 4) is 0 Å². The highest BCUT2D eigenvalue weighted by molar-refractivity contribution is 5.66. The summed E-state index contributed by atoms with van der Waals surface area (Å²) in [5, 5.41) is 19.0. The minimum Gasteiger partial charge on any atom is -0.481 e. The monoisotopic (exact) mass is 376 g/mol. The summed E-state index contributed by atoms with van der Waals surface area (Å²) in [5.41, 5.74) is 0.450. The van der Waals surface area contributed by atoms with Crippen LogP contribution in [0.25, 0.3) is 0 Å². The first kappa shape index (κ1) is 22.2. The normalized spacial score (nSPS) is 30.5. The van der Waals surface area contributed by atoms with E-state index in [9.17, 15) is 9.90 Å². The van der Waals surface area contributed by atoms with Crippen molar-refractivity contribution in [3.05, 3.63) is 24.3 Å². The van der Waals surface area contributed by atoms with Crippen LogP contribution in [0.4, 0.5) is 0 Å². The van der Waals surface area contributed by atoms with Crippen molar-refractivity contribution in [1.82, 2.24) is 0 Å². The molecule has 27 heavy (non-hydrogen) atoms. The Hall–Kier alpha value is -1.09. The number of hydrogen-bond donors (Lipinski definition) is 2. The molecule has 0 spiro atoms. The SMILES string of the molecule is CCCCC[C@@H](O)/C=C/C1C[C@H]2C[C@@H]([C@@H]1C/C=C\CCCC(=O)O)C2(C)C. The summed E-state index contributed by atoms with van der Waals surface area (Å²) >= 11 is 0. The van der Waals surface area contributed by atoms with Crippen LogP contribution >= 0.6 is 0 Å². The van der Waals surface area contributed by atoms with Crippen LogP contribution in [0.1, 0.15) is 85.0 Å². The maximum absolute atomic E-state index is 10.6. The molecule has 5 atom stereocenters. The second-order valence-corrected chi connectivity index (χ2v) is 9.37. The third-order valence-corrected chi connectivity index (χ3v) is 7.19. The molecule has 3 rings (SSSR count). The van der Waals surface area contributed by atoms with E-state index in [-0.39, 0.29) is 12.5 Å². The van der Waals surface area contributed by atoms with Crippen molar-refractivity contribution in [2.45, 2.75) is 91.1 Å². The lowest BCUT2D eigenvalue weighted by molar-refractivity contribution is -0.137. The predicted molar refractivity (Wildman–Crippen MR) is 112 cm³/mol. The molecule has 3 saturated carbocycles. The van der Waals surface area contributed by atoms with Crippen LogP contribution in [0.3, 0.4) is 0 Å². The number of aliphatic carboxylic acids is 1. The maximum Gasteiger partial charge on any atom is 0.303 e. The van der Waals surface area contributed by atoms with Gasteiger partial charge in [0.1, 0.15) is 0 Å². The summed E-state index contributed by atoms with van der Waals surface area (Å²) in [7, 11) is 0. The first-order valence-electron chi connectivity index (χ1n) is 11.1. The molecule has 3 fully saturated rings. The molecule has 0 amide bonds. The van der Waals surface area contributed by atoms with Gasteiger partial charge < -0.3 is 10.2 Å². The van der Waals surface area contributed by atoms with Crippen molar-refractivity contribution >= 4 is 5.97 Å². The molecule has 3 nitrogen and oxygen atoms in total. The molecule has 3 heteroatoms. The number of carbonyl (C=O) groups is 1. The van der Waals surface area contributed by atoms with E-state index >= 15 is 0 Å². The summed E-state index contributed by atoms with van der Waals surface area (Å²) in [6.07, 6.45) is 18.4. The molecule has 0 saturated heterocycles. The largest absolute Gasteiger partial charge is 0.481 e. The Kier molecular flexibility index (Phi) is 8.60. The first-order valence-corrected chi connectivity index (χ1v) is 11.1. The van der Waals surface area contributed by atoms with Gasteiger partial charge in [-0.05, 0) is 67.6 Å². The number of unbranched alkanes of at least 4 members (excludes halogenated alkanes) is 3. The van der Waals surface area contributed by atoms with Crippen LogP contribution in [0, 0.1) is 29.1 Å². The van der Waals surface area contributed by atoms with Crippen LogP contribution in [-0.2, 0) is 4.79 Å². The van der Waals surface area contributed by atoms with E-state index < -0.39 is 5.97 Å². The Morgan fingerprint density at radius 1 is 1.19 bits per heavy atom. The quantitative estimate of drug-likeness (QED) is 0.325. The fourth-order valence-corrected chi connectivity index (χ4v) is 5.26. The minimum absolute atomic E-state index is 0.256. The van der Waals surface area contributed by atoms with Crippen molar-refractivity contribution in [2.75, 3.05) is 0 Å². The summed E-state index contributed by atoms with van der Waals surface area (Å²) < 4.78 is 0. The molecule has 2 bridgehead atoms. The minimum atomic E-state index is -0.708. The predicted octanol–water partition coefficient (Wildman–Crippen LogP) is 5.98. The van der Waals surface area contributed by atoms with Crippen molar-refractivity contribution in [1.29, 1.82) is 0 Å². The number of aliphatic hydroxyl groups is 1. The highest BCUT2D eigenvalue weighted by atomic mass is 16.4. The van der Waals surface area contributed by atoms with Crippen LogP contribution in [-0.4, -0.2) is 22.3 Å². The van der Waals surface area contributed by atoms with Crippen LogP contribution in [0.15, 0.2) is 24.3 Å². The highest BCUT2D eigenvalue weighted by Crippen LogP contribution is 2.64. The molecule has 0 radical (unpaired) electrons.